The maximum Gasteiger partial charge on any atom is 0.261 e. The van der Waals surface area contributed by atoms with Crippen LogP contribution >= 0.6 is 0 Å². The van der Waals surface area contributed by atoms with Crippen LogP contribution in [0.25, 0.3) is 0 Å². The maximum atomic E-state index is 12.5. The first-order chi connectivity index (χ1) is 12.0. The molecule has 1 amide bonds. The Morgan fingerprint density at radius 2 is 1.84 bits per heavy atom. The second kappa shape index (κ2) is 7.30. The second-order valence-electron chi connectivity index (χ2n) is 7.07. The van der Waals surface area contributed by atoms with Crippen LogP contribution in [0.5, 0.6) is 5.75 Å². The molecule has 1 aliphatic rings. The van der Waals surface area contributed by atoms with Crippen LogP contribution in [0.15, 0.2) is 36.4 Å². The summed E-state index contributed by atoms with van der Waals surface area (Å²) in [6, 6.07) is 12.5. The predicted octanol–water partition coefficient (Wildman–Crippen LogP) is 4.44. The highest BCUT2D eigenvalue weighted by molar-refractivity contribution is 5.81. The van der Waals surface area contributed by atoms with Gasteiger partial charge < -0.3 is 10.1 Å². The van der Waals surface area contributed by atoms with Gasteiger partial charge in [0, 0.05) is 0 Å². The molecule has 2 aromatic rings. The number of nitrogens with one attached hydrogen (secondary N) is 1. The van der Waals surface area contributed by atoms with Gasteiger partial charge in [0.2, 0.25) is 0 Å². The molecule has 3 rings (SSSR count). The largest absolute Gasteiger partial charge is 0.481 e. The Balaban J connectivity index is 1.63. The van der Waals surface area contributed by atoms with E-state index >= 15 is 0 Å². The van der Waals surface area contributed by atoms with Crippen molar-refractivity contribution in [3.05, 3.63) is 64.2 Å². The molecule has 0 fully saturated rings. The molecule has 1 N–H and O–H groups in total. The number of amides is 1. The fourth-order valence-corrected chi connectivity index (χ4v) is 3.37. The van der Waals surface area contributed by atoms with Gasteiger partial charge in [0.05, 0.1) is 6.04 Å². The van der Waals surface area contributed by atoms with Gasteiger partial charge in [0.15, 0.2) is 6.10 Å². The standard InChI is InChI=1S/C22H27NO2/c1-14-7-5-10-21(15(14)2)25-17(4)22(24)23-16(3)19-12-11-18-8-6-9-20(18)13-19/h5,7,10-13,16-17H,6,8-9H2,1-4H3,(H,23,24)/t16-,17+/m0/s1. The highest BCUT2D eigenvalue weighted by Gasteiger charge is 2.20. The Labute approximate surface area is 150 Å². The van der Waals surface area contributed by atoms with E-state index in [-0.39, 0.29) is 11.9 Å². The normalized spacial score (nSPS) is 15.4. The fraction of sp³-hybridized carbons (Fsp3) is 0.409. The SMILES string of the molecule is Cc1cccc(O[C@H](C)C(=O)N[C@@H](C)c2ccc3c(c2)CCC3)c1C. The van der Waals surface area contributed by atoms with Gasteiger partial charge in [0.1, 0.15) is 5.75 Å². The number of rotatable bonds is 5. The summed E-state index contributed by atoms with van der Waals surface area (Å²) in [7, 11) is 0. The number of carbonyl (C=O) groups is 1. The van der Waals surface area contributed by atoms with E-state index in [0.29, 0.717) is 0 Å². The molecule has 0 aromatic heterocycles. The third-order valence-corrected chi connectivity index (χ3v) is 5.21. The predicted molar refractivity (Wildman–Crippen MR) is 101 cm³/mol. The Bertz CT molecular complexity index is 782. The minimum absolute atomic E-state index is 0.0249. The van der Waals surface area contributed by atoms with Gasteiger partial charge in [-0.2, -0.15) is 0 Å². The second-order valence-corrected chi connectivity index (χ2v) is 7.07. The van der Waals surface area contributed by atoms with Crippen LogP contribution in [0.1, 0.15) is 54.1 Å². The highest BCUT2D eigenvalue weighted by Crippen LogP contribution is 2.26. The van der Waals surface area contributed by atoms with E-state index in [1.54, 1.807) is 6.92 Å². The van der Waals surface area contributed by atoms with E-state index in [1.807, 2.05) is 39.0 Å². The Hall–Kier alpha value is -2.29. The first-order valence-electron chi connectivity index (χ1n) is 9.10. The van der Waals surface area contributed by atoms with Crippen LogP contribution in [-0.4, -0.2) is 12.0 Å². The van der Waals surface area contributed by atoms with Gasteiger partial charge in [-0.3, -0.25) is 4.79 Å². The van der Waals surface area contributed by atoms with Crippen molar-refractivity contribution >= 4 is 5.91 Å². The van der Waals surface area contributed by atoms with E-state index in [1.165, 1.54) is 24.0 Å². The number of fused-ring (bicyclic) bond motifs is 1. The number of aryl methyl sites for hydroxylation is 3. The van der Waals surface area contributed by atoms with E-state index in [0.717, 1.165) is 28.9 Å². The molecule has 132 valence electrons. The minimum atomic E-state index is -0.530. The lowest BCUT2D eigenvalue weighted by molar-refractivity contribution is -0.127. The molecule has 3 nitrogen and oxygen atoms in total. The number of carbonyl (C=O) groups excluding carboxylic acids is 1. The van der Waals surface area contributed by atoms with Crippen molar-refractivity contribution in [2.24, 2.45) is 0 Å². The van der Waals surface area contributed by atoms with Crippen molar-refractivity contribution in [3.63, 3.8) is 0 Å². The summed E-state index contributed by atoms with van der Waals surface area (Å²) in [6.07, 6.45) is 3.03. The molecule has 0 aliphatic heterocycles. The third kappa shape index (κ3) is 3.87. The molecule has 0 spiro atoms. The Kier molecular flexibility index (Phi) is 5.12. The Morgan fingerprint density at radius 3 is 2.64 bits per heavy atom. The minimum Gasteiger partial charge on any atom is -0.481 e. The number of ether oxygens (including phenoxy) is 1. The zero-order chi connectivity index (χ0) is 18.0. The highest BCUT2D eigenvalue weighted by atomic mass is 16.5. The fourth-order valence-electron chi connectivity index (χ4n) is 3.37. The summed E-state index contributed by atoms with van der Waals surface area (Å²) >= 11 is 0. The lowest BCUT2D eigenvalue weighted by atomic mass is 10.0. The topological polar surface area (TPSA) is 38.3 Å². The summed E-state index contributed by atoms with van der Waals surface area (Å²) in [5, 5.41) is 3.08. The molecule has 0 heterocycles. The molecule has 2 aromatic carbocycles. The summed E-state index contributed by atoms with van der Waals surface area (Å²) < 4.78 is 5.89. The molecule has 2 atom stereocenters. The summed E-state index contributed by atoms with van der Waals surface area (Å²) in [5.41, 5.74) is 6.28. The summed E-state index contributed by atoms with van der Waals surface area (Å²) in [4.78, 5) is 12.5. The van der Waals surface area contributed by atoms with Crippen LogP contribution < -0.4 is 10.1 Å². The molecule has 0 unspecified atom stereocenters. The van der Waals surface area contributed by atoms with Gasteiger partial charge in [-0.25, -0.2) is 0 Å². The number of hydrogen-bond acceptors (Lipinski definition) is 2. The van der Waals surface area contributed by atoms with Gasteiger partial charge in [0.25, 0.3) is 5.91 Å². The molecule has 0 radical (unpaired) electrons. The maximum absolute atomic E-state index is 12.5. The van der Waals surface area contributed by atoms with Crippen LogP contribution in [-0.2, 0) is 17.6 Å². The monoisotopic (exact) mass is 337 g/mol. The first kappa shape index (κ1) is 17.5. The van der Waals surface area contributed by atoms with Gasteiger partial charge in [-0.15, -0.1) is 0 Å². The lowest BCUT2D eigenvalue weighted by Gasteiger charge is -2.20. The van der Waals surface area contributed by atoms with Crippen LogP contribution in [0.3, 0.4) is 0 Å². The van der Waals surface area contributed by atoms with Crippen LogP contribution in [0.2, 0.25) is 0 Å². The zero-order valence-corrected chi connectivity index (χ0v) is 15.6. The molecule has 25 heavy (non-hydrogen) atoms. The molecule has 0 saturated heterocycles. The third-order valence-electron chi connectivity index (χ3n) is 5.21. The van der Waals surface area contributed by atoms with Gasteiger partial charge in [-0.1, -0.05) is 30.3 Å². The van der Waals surface area contributed by atoms with E-state index in [9.17, 15) is 4.79 Å². The van der Waals surface area contributed by atoms with Crippen molar-refractivity contribution in [3.8, 4) is 5.75 Å². The van der Waals surface area contributed by atoms with Crippen molar-refractivity contribution in [2.75, 3.05) is 0 Å². The van der Waals surface area contributed by atoms with Crippen molar-refractivity contribution in [1.29, 1.82) is 0 Å². The van der Waals surface area contributed by atoms with E-state index in [4.69, 9.17) is 4.74 Å². The van der Waals surface area contributed by atoms with Gasteiger partial charge in [-0.05, 0) is 80.8 Å². The van der Waals surface area contributed by atoms with Crippen LogP contribution in [0, 0.1) is 13.8 Å². The molecule has 0 bridgehead atoms. The van der Waals surface area contributed by atoms with Crippen molar-refractivity contribution in [1.82, 2.24) is 5.32 Å². The molecule has 1 aliphatic carbocycles. The zero-order valence-electron chi connectivity index (χ0n) is 15.6. The average Bonchev–Trinajstić information content (AvgIpc) is 3.06. The quantitative estimate of drug-likeness (QED) is 0.876. The van der Waals surface area contributed by atoms with Gasteiger partial charge >= 0.3 is 0 Å². The van der Waals surface area contributed by atoms with Crippen LogP contribution in [0.4, 0.5) is 0 Å². The number of hydrogen-bond donors (Lipinski definition) is 1. The first-order valence-corrected chi connectivity index (χ1v) is 9.10. The van der Waals surface area contributed by atoms with Crippen molar-refractivity contribution < 1.29 is 9.53 Å². The lowest BCUT2D eigenvalue weighted by Crippen LogP contribution is -2.37. The van der Waals surface area contributed by atoms with E-state index in [2.05, 4.69) is 23.5 Å². The average molecular weight is 337 g/mol. The van der Waals surface area contributed by atoms with E-state index < -0.39 is 6.10 Å². The summed E-state index contributed by atoms with van der Waals surface area (Å²) in [5.74, 6) is 0.682. The number of benzene rings is 2. The molecule has 3 heteroatoms. The Morgan fingerprint density at radius 1 is 1.08 bits per heavy atom. The summed E-state index contributed by atoms with van der Waals surface area (Å²) in [6.45, 7) is 7.89. The smallest absolute Gasteiger partial charge is 0.261 e. The molecular weight excluding hydrogens is 310 g/mol. The molecular formula is C22H27NO2. The molecule has 0 saturated carbocycles. The van der Waals surface area contributed by atoms with Crippen molar-refractivity contribution in [2.45, 2.75) is 59.1 Å².